The van der Waals surface area contributed by atoms with Gasteiger partial charge in [0.25, 0.3) is 5.91 Å². The fraction of sp³-hybridized carbons (Fsp3) is 0.444. The number of H-pyrrole nitrogens is 1. The van der Waals surface area contributed by atoms with E-state index in [2.05, 4.69) is 25.7 Å². The van der Waals surface area contributed by atoms with Gasteiger partial charge < -0.3 is 10.6 Å². The highest BCUT2D eigenvalue weighted by molar-refractivity contribution is 6.30. The first kappa shape index (κ1) is 17.5. The Morgan fingerprint density at radius 1 is 1.46 bits per heavy atom. The van der Waals surface area contributed by atoms with Crippen LogP contribution in [0.2, 0.25) is 5.02 Å². The molecule has 138 valence electrons. The molecule has 3 N–H and O–H groups in total. The predicted molar refractivity (Wildman–Crippen MR) is 96.7 cm³/mol. The lowest BCUT2D eigenvalue weighted by molar-refractivity contribution is 0.0921. The number of aromatic nitrogens is 2. The zero-order chi connectivity index (χ0) is 18.3. The van der Waals surface area contributed by atoms with Gasteiger partial charge in [-0.1, -0.05) is 17.7 Å². The number of likely N-dealkylation sites (tertiary alicyclic amines) is 1. The summed E-state index contributed by atoms with van der Waals surface area (Å²) in [6.45, 7) is 2.35. The summed E-state index contributed by atoms with van der Waals surface area (Å²) in [6, 6.07) is 4.62. The molecule has 0 aliphatic carbocycles. The third-order valence-corrected chi connectivity index (χ3v) is 5.58. The summed E-state index contributed by atoms with van der Waals surface area (Å²) in [4.78, 5) is 14.9. The number of nitrogens with one attached hydrogen (secondary N) is 3. The van der Waals surface area contributed by atoms with Gasteiger partial charge in [-0.25, -0.2) is 4.39 Å². The van der Waals surface area contributed by atoms with Crippen LogP contribution in [0.25, 0.3) is 0 Å². The summed E-state index contributed by atoms with van der Waals surface area (Å²) in [5.74, 6) is -0.632. The zero-order valence-electron chi connectivity index (χ0n) is 14.5. The lowest BCUT2D eigenvalue weighted by atomic mass is 9.99. The van der Waals surface area contributed by atoms with Crippen molar-refractivity contribution < 1.29 is 9.18 Å². The van der Waals surface area contributed by atoms with Gasteiger partial charge in [-0.2, -0.15) is 5.10 Å². The Labute approximate surface area is 156 Å². The Kier molecular flexibility index (Phi) is 4.69. The number of benzene rings is 1. The standard InChI is InChI=1S/C18H21ClFN5O/c1-25-7-5-15(17(25)10-2-3-12(19)13(20)8-10)22-18(26)16-11-9-21-6-4-14(11)23-24-16/h2-3,8,15,17,21H,4-7,9H2,1H3,(H,22,26)(H,23,24). The average molecular weight is 378 g/mol. The molecule has 0 radical (unpaired) electrons. The lowest BCUT2D eigenvalue weighted by Gasteiger charge is -2.26. The minimum atomic E-state index is -0.443. The van der Waals surface area contributed by atoms with Gasteiger partial charge in [-0.05, 0) is 31.2 Å². The predicted octanol–water partition coefficient (Wildman–Crippen LogP) is 2.02. The van der Waals surface area contributed by atoms with Crippen LogP contribution in [0.4, 0.5) is 4.39 Å². The van der Waals surface area contributed by atoms with Crippen LogP contribution in [0.5, 0.6) is 0 Å². The molecular formula is C18H21ClFN5O. The second kappa shape index (κ2) is 6.98. The number of carbonyl (C=O) groups excluding carboxylic acids is 1. The van der Waals surface area contributed by atoms with Crippen molar-refractivity contribution in [3.05, 3.63) is 51.6 Å². The van der Waals surface area contributed by atoms with Gasteiger partial charge in [0.15, 0.2) is 5.69 Å². The Hall–Kier alpha value is -1.96. The van der Waals surface area contributed by atoms with Crippen molar-refractivity contribution >= 4 is 17.5 Å². The molecule has 2 unspecified atom stereocenters. The van der Waals surface area contributed by atoms with E-state index >= 15 is 0 Å². The van der Waals surface area contributed by atoms with Gasteiger partial charge in [0.2, 0.25) is 0 Å². The third kappa shape index (κ3) is 3.11. The highest BCUT2D eigenvalue weighted by Gasteiger charge is 2.35. The lowest BCUT2D eigenvalue weighted by Crippen LogP contribution is -2.39. The summed E-state index contributed by atoms with van der Waals surface area (Å²) in [5, 5.41) is 13.7. The number of carbonyl (C=O) groups is 1. The van der Waals surface area contributed by atoms with Crippen LogP contribution in [0, 0.1) is 5.82 Å². The van der Waals surface area contributed by atoms with Crippen LogP contribution in [-0.2, 0) is 13.0 Å². The molecule has 4 rings (SSSR count). The van der Waals surface area contributed by atoms with Crippen LogP contribution in [0.1, 0.15) is 39.8 Å². The maximum Gasteiger partial charge on any atom is 0.272 e. The highest BCUT2D eigenvalue weighted by atomic mass is 35.5. The number of likely N-dealkylation sites (N-methyl/N-ethyl adjacent to an activating group) is 1. The van der Waals surface area contributed by atoms with E-state index in [1.165, 1.54) is 6.07 Å². The zero-order valence-corrected chi connectivity index (χ0v) is 15.2. The Bertz CT molecular complexity index is 839. The molecule has 2 aromatic rings. The van der Waals surface area contributed by atoms with Crippen LogP contribution >= 0.6 is 11.6 Å². The minimum absolute atomic E-state index is 0.0985. The molecule has 1 aromatic carbocycles. The molecule has 1 aromatic heterocycles. The van der Waals surface area contributed by atoms with Crippen LogP contribution in [0.15, 0.2) is 18.2 Å². The first-order valence-electron chi connectivity index (χ1n) is 8.77. The molecule has 2 aliphatic rings. The SMILES string of the molecule is CN1CCC(NC(=O)c2n[nH]c3c2CNCC3)C1c1ccc(Cl)c(F)c1. The number of nitrogens with zero attached hydrogens (tertiary/aromatic N) is 2. The normalized spacial score (nSPS) is 23.0. The van der Waals surface area contributed by atoms with Crippen molar-refractivity contribution in [3.8, 4) is 0 Å². The Morgan fingerprint density at radius 3 is 3.12 bits per heavy atom. The molecule has 1 amide bonds. The van der Waals surface area contributed by atoms with E-state index in [0.717, 1.165) is 42.8 Å². The highest BCUT2D eigenvalue weighted by Crippen LogP contribution is 2.33. The van der Waals surface area contributed by atoms with E-state index in [4.69, 9.17) is 11.6 Å². The number of fused-ring (bicyclic) bond motifs is 1. The summed E-state index contributed by atoms with van der Waals surface area (Å²) in [6.07, 6.45) is 1.64. The van der Waals surface area contributed by atoms with Gasteiger partial charge in [-0.3, -0.25) is 14.8 Å². The van der Waals surface area contributed by atoms with Crippen LogP contribution < -0.4 is 10.6 Å². The molecule has 8 heteroatoms. The number of halogens is 2. The molecule has 3 heterocycles. The molecule has 0 bridgehead atoms. The second-order valence-corrected chi connectivity index (χ2v) is 7.33. The number of hydrogen-bond donors (Lipinski definition) is 3. The molecule has 26 heavy (non-hydrogen) atoms. The average Bonchev–Trinajstić information content (AvgIpc) is 3.21. The van der Waals surface area contributed by atoms with Crippen molar-refractivity contribution in [2.24, 2.45) is 0 Å². The van der Waals surface area contributed by atoms with Crippen molar-refractivity contribution in [1.29, 1.82) is 0 Å². The number of hydrogen-bond acceptors (Lipinski definition) is 4. The molecule has 1 saturated heterocycles. The van der Waals surface area contributed by atoms with Crippen LogP contribution in [-0.4, -0.2) is 47.2 Å². The smallest absolute Gasteiger partial charge is 0.272 e. The molecule has 1 fully saturated rings. The minimum Gasteiger partial charge on any atom is -0.346 e. The van der Waals surface area contributed by atoms with Crippen LogP contribution in [0.3, 0.4) is 0 Å². The monoisotopic (exact) mass is 377 g/mol. The molecular weight excluding hydrogens is 357 g/mol. The van der Waals surface area contributed by atoms with Gasteiger partial charge in [-0.15, -0.1) is 0 Å². The quantitative estimate of drug-likeness (QED) is 0.765. The number of rotatable bonds is 3. The molecule has 2 atom stereocenters. The third-order valence-electron chi connectivity index (χ3n) is 5.27. The van der Waals surface area contributed by atoms with E-state index in [0.29, 0.717) is 12.2 Å². The number of amides is 1. The Morgan fingerprint density at radius 2 is 2.31 bits per heavy atom. The first-order chi connectivity index (χ1) is 12.5. The van der Waals surface area contributed by atoms with E-state index in [1.54, 1.807) is 6.07 Å². The summed E-state index contributed by atoms with van der Waals surface area (Å²) >= 11 is 5.80. The first-order valence-corrected chi connectivity index (χ1v) is 9.15. The van der Waals surface area contributed by atoms with E-state index in [9.17, 15) is 9.18 Å². The summed E-state index contributed by atoms with van der Waals surface area (Å²) < 4.78 is 13.9. The molecule has 6 nitrogen and oxygen atoms in total. The van der Waals surface area contributed by atoms with E-state index < -0.39 is 5.82 Å². The van der Waals surface area contributed by atoms with E-state index in [1.807, 2.05) is 13.1 Å². The second-order valence-electron chi connectivity index (χ2n) is 6.92. The maximum absolute atomic E-state index is 13.9. The number of aromatic amines is 1. The fourth-order valence-corrected chi connectivity index (χ4v) is 4.05. The summed E-state index contributed by atoms with van der Waals surface area (Å²) in [7, 11) is 1.98. The maximum atomic E-state index is 13.9. The topological polar surface area (TPSA) is 73.0 Å². The molecule has 2 aliphatic heterocycles. The van der Waals surface area contributed by atoms with Gasteiger partial charge in [0.1, 0.15) is 5.82 Å². The molecule has 0 saturated carbocycles. The van der Waals surface area contributed by atoms with Crippen molar-refractivity contribution in [2.75, 3.05) is 20.1 Å². The van der Waals surface area contributed by atoms with Crippen molar-refractivity contribution in [1.82, 2.24) is 25.7 Å². The van der Waals surface area contributed by atoms with Gasteiger partial charge in [0, 0.05) is 37.3 Å². The van der Waals surface area contributed by atoms with Crippen molar-refractivity contribution in [3.63, 3.8) is 0 Å². The van der Waals surface area contributed by atoms with Gasteiger partial charge >= 0.3 is 0 Å². The Balaban J connectivity index is 1.55. The summed E-state index contributed by atoms with van der Waals surface area (Å²) in [5.41, 5.74) is 3.22. The molecule has 0 spiro atoms. The van der Waals surface area contributed by atoms with Crippen molar-refractivity contribution in [2.45, 2.75) is 31.5 Å². The van der Waals surface area contributed by atoms with Gasteiger partial charge in [0.05, 0.1) is 17.1 Å². The van der Waals surface area contributed by atoms with E-state index in [-0.39, 0.29) is 23.0 Å². The largest absolute Gasteiger partial charge is 0.346 e. The fourth-order valence-electron chi connectivity index (χ4n) is 3.93.